The molecular formula is C19H19BrN4O. The summed E-state index contributed by atoms with van der Waals surface area (Å²) in [5, 5.41) is 6.54. The van der Waals surface area contributed by atoms with Gasteiger partial charge in [-0.25, -0.2) is 4.98 Å². The lowest BCUT2D eigenvalue weighted by Gasteiger charge is -2.11. The van der Waals surface area contributed by atoms with E-state index in [0.29, 0.717) is 5.95 Å². The number of aromatic nitrogens is 2. The molecule has 2 N–H and O–H groups in total. The Hall–Kier alpha value is -2.60. The highest BCUT2D eigenvalue weighted by Crippen LogP contribution is 2.24. The first kappa shape index (κ1) is 17.2. The fourth-order valence-corrected chi connectivity index (χ4v) is 2.61. The normalized spacial score (nSPS) is 10.4. The largest absolute Gasteiger partial charge is 0.497 e. The third kappa shape index (κ3) is 4.48. The summed E-state index contributed by atoms with van der Waals surface area (Å²) in [6.07, 6.45) is 0. The first-order chi connectivity index (χ1) is 12.0. The standard InChI is InChI=1S/C19H19BrN4O/c1-12-10-15(6-9-17(12)20)22-18-11-13(2)21-19(24-18)23-14-4-7-16(25-3)8-5-14/h4-11H,1-3H3,(H2,21,22,23,24). The van der Waals surface area contributed by atoms with Crippen LogP contribution in [0.2, 0.25) is 0 Å². The van der Waals surface area contributed by atoms with Gasteiger partial charge in [0.1, 0.15) is 11.6 Å². The Morgan fingerprint density at radius 2 is 1.60 bits per heavy atom. The molecule has 128 valence electrons. The van der Waals surface area contributed by atoms with Gasteiger partial charge in [-0.3, -0.25) is 0 Å². The van der Waals surface area contributed by atoms with E-state index in [4.69, 9.17) is 4.74 Å². The summed E-state index contributed by atoms with van der Waals surface area (Å²) in [5.41, 5.74) is 3.92. The van der Waals surface area contributed by atoms with Crippen molar-refractivity contribution in [3.63, 3.8) is 0 Å². The quantitative estimate of drug-likeness (QED) is 0.606. The Kier molecular flexibility index (Phi) is 5.19. The van der Waals surface area contributed by atoms with Gasteiger partial charge in [0.2, 0.25) is 5.95 Å². The number of benzene rings is 2. The SMILES string of the molecule is COc1ccc(Nc2nc(C)cc(Nc3ccc(Br)c(C)c3)n2)cc1. The van der Waals surface area contributed by atoms with E-state index < -0.39 is 0 Å². The van der Waals surface area contributed by atoms with Crippen molar-refractivity contribution in [1.82, 2.24) is 9.97 Å². The van der Waals surface area contributed by atoms with Crippen LogP contribution in [0.3, 0.4) is 0 Å². The van der Waals surface area contributed by atoms with Crippen LogP contribution in [0.1, 0.15) is 11.3 Å². The number of nitrogens with one attached hydrogen (secondary N) is 2. The molecule has 2 aromatic carbocycles. The molecule has 0 unspecified atom stereocenters. The zero-order valence-electron chi connectivity index (χ0n) is 14.3. The minimum absolute atomic E-state index is 0.543. The van der Waals surface area contributed by atoms with Crippen LogP contribution in [-0.4, -0.2) is 17.1 Å². The van der Waals surface area contributed by atoms with Gasteiger partial charge in [-0.1, -0.05) is 15.9 Å². The number of hydrogen-bond acceptors (Lipinski definition) is 5. The summed E-state index contributed by atoms with van der Waals surface area (Å²) < 4.78 is 6.25. The zero-order valence-corrected chi connectivity index (χ0v) is 15.9. The third-order valence-electron chi connectivity index (χ3n) is 3.63. The van der Waals surface area contributed by atoms with Crippen LogP contribution in [0.25, 0.3) is 0 Å². The second kappa shape index (κ2) is 7.53. The van der Waals surface area contributed by atoms with Gasteiger partial charge < -0.3 is 15.4 Å². The lowest BCUT2D eigenvalue weighted by Crippen LogP contribution is -2.02. The van der Waals surface area contributed by atoms with Crippen molar-refractivity contribution in [2.24, 2.45) is 0 Å². The molecule has 0 fully saturated rings. The Morgan fingerprint density at radius 3 is 2.28 bits per heavy atom. The highest BCUT2D eigenvalue weighted by Gasteiger charge is 2.05. The molecule has 0 bridgehead atoms. The predicted molar refractivity (Wildman–Crippen MR) is 105 cm³/mol. The molecule has 0 saturated carbocycles. The summed E-state index contributed by atoms with van der Waals surface area (Å²) in [7, 11) is 1.65. The molecule has 5 nitrogen and oxygen atoms in total. The lowest BCUT2D eigenvalue weighted by molar-refractivity contribution is 0.415. The van der Waals surface area contributed by atoms with E-state index >= 15 is 0 Å². The van der Waals surface area contributed by atoms with E-state index in [1.54, 1.807) is 7.11 Å². The molecule has 25 heavy (non-hydrogen) atoms. The van der Waals surface area contributed by atoms with Crippen LogP contribution in [0, 0.1) is 13.8 Å². The van der Waals surface area contributed by atoms with Crippen molar-refractivity contribution in [2.75, 3.05) is 17.7 Å². The van der Waals surface area contributed by atoms with E-state index in [9.17, 15) is 0 Å². The van der Waals surface area contributed by atoms with Gasteiger partial charge in [0.05, 0.1) is 7.11 Å². The van der Waals surface area contributed by atoms with Crippen molar-refractivity contribution in [3.8, 4) is 5.75 Å². The number of methoxy groups -OCH3 is 1. The Balaban J connectivity index is 1.80. The first-order valence-corrected chi connectivity index (χ1v) is 8.63. The first-order valence-electron chi connectivity index (χ1n) is 7.83. The molecule has 3 rings (SSSR count). The van der Waals surface area contributed by atoms with Gasteiger partial charge in [-0.2, -0.15) is 4.98 Å². The average molecular weight is 399 g/mol. The number of ether oxygens (including phenoxy) is 1. The van der Waals surface area contributed by atoms with Gasteiger partial charge in [0, 0.05) is 27.6 Å². The number of rotatable bonds is 5. The topological polar surface area (TPSA) is 59.1 Å². The minimum Gasteiger partial charge on any atom is -0.497 e. The van der Waals surface area contributed by atoms with Crippen molar-refractivity contribution >= 4 is 39.1 Å². The van der Waals surface area contributed by atoms with Crippen molar-refractivity contribution in [2.45, 2.75) is 13.8 Å². The molecule has 6 heteroatoms. The van der Waals surface area contributed by atoms with Gasteiger partial charge >= 0.3 is 0 Å². The highest BCUT2D eigenvalue weighted by atomic mass is 79.9. The molecule has 0 radical (unpaired) electrons. The number of nitrogens with zero attached hydrogens (tertiary/aromatic N) is 2. The van der Waals surface area contributed by atoms with Crippen LogP contribution in [-0.2, 0) is 0 Å². The van der Waals surface area contributed by atoms with Gasteiger partial charge in [0.25, 0.3) is 0 Å². The smallest absolute Gasteiger partial charge is 0.229 e. The third-order valence-corrected chi connectivity index (χ3v) is 4.52. The second-order valence-corrected chi connectivity index (χ2v) is 6.51. The van der Waals surface area contributed by atoms with E-state index in [2.05, 4.69) is 49.5 Å². The Bertz CT molecular complexity index is 881. The van der Waals surface area contributed by atoms with Crippen molar-refractivity contribution in [1.29, 1.82) is 0 Å². The molecule has 0 spiro atoms. The number of anilines is 4. The minimum atomic E-state index is 0.543. The Labute approximate surface area is 155 Å². The summed E-state index contributed by atoms with van der Waals surface area (Å²) in [6, 6.07) is 15.6. The Morgan fingerprint density at radius 1 is 0.880 bits per heavy atom. The molecule has 3 aromatic rings. The van der Waals surface area contributed by atoms with Crippen molar-refractivity contribution in [3.05, 3.63) is 64.3 Å². The van der Waals surface area contributed by atoms with Crippen LogP contribution < -0.4 is 15.4 Å². The molecule has 0 saturated heterocycles. The summed E-state index contributed by atoms with van der Waals surface area (Å²) in [5.74, 6) is 2.09. The number of aryl methyl sites for hydroxylation is 2. The molecule has 0 aliphatic heterocycles. The van der Waals surface area contributed by atoms with Gasteiger partial charge in [0.15, 0.2) is 0 Å². The molecule has 1 aromatic heterocycles. The van der Waals surface area contributed by atoms with Crippen LogP contribution in [0.4, 0.5) is 23.1 Å². The summed E-state index contributed by atoms with van der Waals surface area (Å²) in [4.78, 5) is 8.99. The monoisotopic (exact) mass is 398 g/mol. The van der Waals surface area contributed by atoms with E-state index in [0.717, 1.165) is 38.7 Å². The summed E-state index contributed by atoms with van der Waals surface area (Å²) in [6.45, 7) is 4.00. The molecule has 0 atom stereocenters. The number of halogens is 1. The maximum atomic E-state index is 5.17. The predicted octanol–water partition coefficient (Wildman–Crippen LogP) is 5.35. The van der Waals surface area contributed by atoms with Gasteiger partial charge in [-0.05, 0) is 61.9 Å². The van der Waals surface area contributed by atoms with E-state index in [-0.39, 0.29) is 0 Å². The van der Waals surface area contributed by atoms with E-state index in [1.807, 2.05) is 49.4 Å². The molecular weight excluding hydrogens is 380 g/mol. The zero-order chi connectivity index (χ0) is 17.8. The fourth-order valence-electron chi connectivity index (χ4n) is 2.36. The molecule has 1 heterocycles. The molecule has 0 aliphatic carbocycles. The average Bonchev–Trinajstić information content (AvgIpc) is 2.58. The lowest BCUT2D eigenvalue weighted by atomic mass is 10.2. The maximum absolute atomic E-state index is 5.17. The van der Waals surface area contributed by atoms with Gasteiger partial charge in [-0.15, -0.1) is 0 Å². The fraction of sp³-hybridized carbons (Fsp3) is 0.158. The second-order valence-electron chi connectivity index (χ2n) is 5.66. The molecule has 0 amide bonds. The highest BCUT2D eigenvalue weighted by molar-refractivity contribution is 9.10. The van der Waals surface area contributed by atoms with Crippen LogP contribution in [0.15, 0.2) is 53.0 Å². The van der Waals surface area contributed by atoms with Crippen LogP contribution in [0.5, 0.6) is 5.75 Å². The van der Waals surface area contributed by atoms with E-state index in [1.165, 1.54) is 0 Å². The number of hydrogen-bond donors (Lipinski definition) is 2. The van der Waals surface area contributed by atoms with Crippen molar-refractivity contribution < 1.29 is 4.74 Å². The summed E-state index contributed by atoms with van der Waals surface area (Å²) >= 11 is 3.51. The maximum Gasteiger partial charge on any atom is 0.229 e. The van der Waals surface area contributed by atoms with Crippen LogP contribution >= 0.6 is 15.9 Å². The molecule has 0 aliphatic rings.